The molecule has 0 aliphatic rings. The predicted molar refractivity (Wildman–Crippen MR) is 179 cm³/mol. The van der Waals surface area contributed by atoms with Crippen LogP contribution in [-0.2, 0) is 32.6 Å². The van der Waals surface area contributed by atoms with Crippen molar-refractivity contribution in [2.45, 2.75) is 50.2 Å². The van der Waals surface area contributed by atoms with Crippen LogP contribution in [0.1, 0.15) is 31.4 Å². The van der Waals surface area contributed by atoms with Crippen molar-refractivity contribution < 1.29 is 22.4 Å². The van der Waals surface area contributed by atoms with Gasteiger partial charge in [0.1, 0.15) is 18.4 Å². The van der Waals surface area contributed by atoms with Gasteiger partial charge in [-0.2, -0.15) is 0 Å². The van der Waals surface area contributed by atoms with Gasteiger partial charge in [-0.3, -0.25) is 13.9 Å². The Hall–Kier alpha value is -3.73. The van der Waals surface area contributed by atoms with E-state index >= 15 is 0 Å². The molecule has 0 radical (unpaired) electrons. The second-order valence-electron chi connectivity index (χ2n) is 10.6. The van der Waals surface area contributed by atoms with E-state index in [4.69, 9.17) is 11.6 Å². The maximum atomic E-state index is 14.4. The topological polar surface area (TPSA) is 86.8 Å². The monoisotopic (exact) mass is 713 g/mol. The van der Waals surface area contributed by atoms with Crippen molar-refractivity contribution in [1.82, 2.24) is 10.2 Å². The highest BCUT2D eigenvalue weighted by Gasteiger charge is 2.35. The van der Waals surface area contributed by atoms with E-state index in [1.54, 1.807) is 18.2 Å². The Labute approximate surface area is 277 Å². The van der Waals surface area contributed by atoms with Gasteiger partial charge in [-0.1, -0.05) is 95.1 Å². The molecule has 0 saturated heterocycles. The molecule has 1 N–H and O–H groups in total. The van der Waals surface area contributed by atoms with Crippen molar-refractivity contribution >= 4 is 55.1 Å². The quantitative estimate of drug-likeness (QED) is 0.162. The van der Waals surface area contributed by atoms with Gasteiger partial charge in [0.15, 0.2) is 0 Å². The average Bonchev–Trinajstić information content (AvgIpc) is 3.04. The fourth-order valence-electron chi connectivity index (χ4n) is 4.67. The maximum absolute atomic E-state index is 14.4. The molecule has 2 atom stereocenters. The summed E-state index contributed by atoms with van der Waals surface area (Å²) in [5, 5.41) is 2.71. The van der Waals surface area contributed by atoms with E-state index in [1.807, 2.05) is 68.4 Å². The zero-order chi connectivity index (χ0) is 32.6. The Balaban J connectivity index is 1.81. The van der Waals surface area contributed by atoms with Crippen molar-refractivity contribution in [1.29, 1.82) is 0 Å². The SMILES string of the molecule is CC[C@@H](C)NC(=O)[C@@H](Cc1ccccc1)N(Cc1ccc(Br)cc1)C(=O)CN(c1ccc(F)c(Cl)c1)S(=O)(=O)c1ccccc1. The molecule has 236 valence electrons. The van der Waals surface area contributed by atoms with Crippen LogP contribution in [0.4, 0.5) is 10.1 Å². The molecule has 11 heteroatoms. The van der Waals surface area contributed by atoms with Crippen molar-refractivity contribution in [3.63, 3.8) is 0 Å². The van der Waals surface area contributed by atoms with Gasteiger partial charge in [0.05, 0.1) is 15.6 Å². The van der Waals surface area contributed by atoms with Crippen LogP contribution in [-0.4, -0.2) is 43.8 Å². The minimum Gasteiger partial charge on any atom is -0.352 e. The summed E-state index contributed by atoms with van der Waals surface area (Å²) < 4.78 is 43.9. The van der Waals surface area contributed by atoms with Crippen LogP contribution >= 0.6 is 27.5 Å². The molecule has 0 aliphatic heterocycles. The summed E-state index contributed by atoms with van der Waals surface area (Å²) >= 11 is 9.50. The first kappa shape index (κ1) is 34.1. The molecule has 2 amide bonds. The molecule has 4 aromatic rings. The molecule has 0 bridgehead atoms. The molecule has 0 heterocycles. The summed E-state index contributed by atoms with van der Waals surface area (Å²) in [5.41, 5.74) is 1.57. The Kier molecular flexibility index (Phi) is 11.8. The van der Waals surface area contributed by atoms with E-state index in [9.17, 15) is 22.4 Å². The Morgan fingerprint density at radius 2 is 1.53 bits per heavy atom. The summed E-state index contributed by atoms with van der Waals surface area (Å²) in [6.07, 6.45) is 0.873. The van der Waals surface area contributed by atoms with Crippen LogP contribution < -0.4 is 9.62 Å². The first-order valence-electron chi connectivity index (χ1n) is 14.4. The second kappa shape index (κ2) is 15.5. The van der Waals surface area contributed by atoms with E-state index in [0.29, 0.717) is 6.42 Å². The molecule has 0 aromatic heterocycles. The fraction of sp³-hybridized carbons (Fsp3) is 0.235. The maximum Gasteiger partial charge on any atom is 0.264 e. The predicted octanol–water partition coefficient (Wildman–Crippen LogP) is 6.99. The van der Waals surface area contributed by atoms with Gasteiger partial charge in [0, 0.05) is 23.5 Å². The minimum absolute atomic E-state index is 0.00543. The summed E-state index contributed by atoms with van der Waals surface area (Å²) in [6.45, 7) is 3.19. The lowest BCUT2D eigenvalue weighted by atomic mass is 10.0. The van der Waals surface area contributed by atoms with Crippen LogP contribution in [0.5, 0.6) is 0 Å². The van der Waals surface area contributed by atoms with E-state index in [-0.39, 0.29) is 40.5 Å². The number of carbonyl (C=O) groups excluding carboxylic acids is 2. The zero-order valence-corrected chi connectivity index (χ0v) is 28.0. The number of nitrogens with zero attached hydrogens (tertiary/aromatic N) is 2. The molecule has 0 unspecified atom stereocenters. The third kappa shape index (κ3) is 8.93. The molecule has 45 heavy (non-hydrogen) atoms. The molecule has 7 nitrogen and oxygen atoms in total. The van der Waals surface area contributed by atoms with Crippen LogP contribution in [0.2, 0.25) is 5.02 Å². The van der Waals surface area contributed by atoms with Gasteiger partial charge in [0.25, 0.3) is 10.0 Å². The Morgan fingerprint density at radius 3 is 2.13 bits per heavy atom. The van der Waals surface area contributed by atoms with E-state index in [0.717, 1.165) is 26.0 Å². The van der Waals surface area contributed by atoms with Gasteiger partial charge in [-0.05, 0) is 66.9 Å². The second-order valence-corrected chi connectivity index (χ2v) is 13.8. The lowest BCUT2D eigenvalue weighted by Crippen LogP contribution is -2.54. The molecular weight excluding hydrogens is 681 g/mol. The van der Waals surface area contributed by atoms with E-state index < -0.39 is 34.3 Å². The highest BCUT2D eigenvalue weighted by atomic mass is 79.9. The molecule has 4 rings (SSSR count). The summed E-state index contributed by atoms with van der Waals surface area (Å²) in [7, 11) is -4.32. The number of nitrogens with one attached hydrogen (secondary N) is 1. The van der Waals surface area contributed by atoms with Gasteiger partial charge in [-0.25, -0.2) is 12.8 Å². The van der Waals surface area contributed by atoms with Crippen LogP contribution in [0.25, 0.3) is 0 Å². The number of anilines is 1. The Bertz CT molecular complexity index is 1710. The van der Waals surface area contributed by atoms with E-state index in [2.05, 4.69) is 21.2 Å². The van der Waals surface area contributed by atoms with Gasteiger partial charge >= 0.3 is 0 Å². The minimum atomic E-state index is -4.32. The number of hydrogen-bond acceptors (Lipinski definition) is 4. The molecule has 0 fully saturated rings. The molecule has 4 aromatic carbocycles. The summed E-state index contributed by atoms with van der Waals surface area (Å²) in [4.78, 5) is 29.7. The lowest BCUT2D eigenvalue weighted by Gasteiger charge is -2.34. The van der Waals surface area contributed by atoms with Crippen molar-refractivity contribution in [2.24, 2.45) is 0 Å². The molecule has 0 spiro atoms. The molecular formula is C34H34BrClFN3O4S. The number of benzene rings is 4. The number of carbonyl (C=O) groups is 2. The smallest absolute Gasteiger partial charge is 0.264 e. The highest BCUT2D eigenvalue weighted by molar-refractivity contribution is 9.10. The third-order valence-electron chi connectivity index (χ3n) is 7.34. The Morgan fingerprint density at radius 1 is 0.911 bits per heavy atom. The van der Waals surface area contributed by atoms with E-state index in [1.165, 1.54) is 29.2 Å². The van der Waals surface area contributed by atoms with Crippen molar-refractivity contribution in [2.75, 3.05) is 10.8 Å². The number of rotatable bonds is 13. The fourth-order valence-corrected chi connectivity index (χ4v) is 6.54. The number of amides is 2. The highest BCUT2D eigenvalue weighted by Crippen LogP contribution is 2.28. The van der Waals surface area contributed by atoms with Crippen molar-refractivity contribution in [3.05, 3.63) is 130 Å². The van der Waals surface area contributed by atoms with Crippen LogP contribution in [0, 0.1) is 5.82 Å². The molecule has 0 aliphatic carbocycles. The third-order valence-corrected chi connectivity index (χ3v) is 9.95. The van der Waals surface area contributed by atoms with Crippen LogP contribution in [0.15, 0.2) is 112 Å². The lowest BCUT2D eigenvalue weighted by molar-refractivity contribution is -0.140. The number of sulfonamides is 1. The van der Waals surface area contributed by atoms with Gasteiger partial charge < -0.3 is 10.2 Å². The first-order chi connectivity index (χ1) is 21.5. The first-order valence-corrected chi connectivity index (χ1v) is 17.0. The standard InChI is InChI=1S/C34H34BrClFN3O4S/c1-3-24(2)38-34(42)32(20-25-10-6-4-7-11-25)39(22-26-14-16-27(35)17-15-26)33(41)23-40(28-18-19-31(37)30(36)21-28)45(43,44)29-12-8-5-9-13-29/h4-19,21,24,32H,3,20,22-23H2,1-2H3,(H,38,42)/t24-,32-/m1/s1. The largest absolute Gasteiger partial charge is 0.352 e. The normalized spacial score (nSPS) is 12.6. The zero-order valence-electron chi connectivity index (χ0n) is 24.9. The van der Waals surface area contributed by atoms with Crippen LogP contribution in [0.3, 0.4) is 0 Å². The average molecular weight is 715 g/mol. The number of hydrogen-bond donors (Lipinski definition) is 1. The molecule has 0 saturated carbocycles. The van der Waals surface area contributed by atoms with Gasteiger partial charge in [0.2, 0.25) is 11.8 Å². The number of halogens is 3. The van der Waals surface area contributed by atoms with Gasteiger partial charge in [-0.15, -0.1) is 0 Å². The summed E-state index contributed by atoms with van der Waals surface area (Å²) in [5.74, 6) is -1.72. The summed E-state index contributed by atoms with van der Waals surface area (Å²) in [6, 6.07) is 26.6. The van der Waals surface area contributed by atoms with Crippen molar-refractivity contribution in [3.8, 4) is 0 Å².